The molecule has 1 saturated heterocycles. The number of aryl methyl sites for hydroxylation is 2. The number of hydrogen-bond donors (Lipinski definition) is 0. The predicted molar refractivity (Wildman–Crippen MR) is 125 cm³/mol. The van der Waals surface area contributed by atoms with E-state index in [-0.39, 0.29) is 5.78 Å². The fourth-order valence-electron chi connectivity index (χ4n) is 5.95. The average molecular weight is 409 g/mol. The first-order valence-corrected chi connectivity index (χ1v) is 11.6. The predicted octanol–water partition coefficient (Wildman–Crippen LogP) is 5.37. The van der Waals surface area contributed by atoms with Gasteiger partial charge in [-0.25, -0.2) is 0 Å². The molecule has 0 spiro atoms. The number of rotatable bonds is 4. The third-order valence-electron chi connectivity index (χ3n) is 7.45. The van der Waals surface area contributed by atoms with E-state index in [4.69, 9.17) is 0 Å². The highest BCUT2D eigenvalue weighted by Crippen LogP contribution is 2.52. The van der Waals surface area contributed by atoms with Gasteiger partial charge in [0.25, 0.3) is 0 Å². The quantitative estimate of drug-likeness (QED) is 0.543. The number of anilines is 2. The van der Waals surface area contributed by atoms with E-state index < -0.39 is 0 Å². The van der Waals surface area contributed by atoms with Crippen molar-refractivity contribution in [1.82, 2.24) is 4.90 Å². The molecular weight excluding hydrogens is 380 g/mol. The first-order chi connectivity index (χ1) is 15.3. The van der Waals surface area contributed by atoms with Crippen LogP contribution in [0.15, 0.2) is 72.8 Å². The number of Topliss-reactive ketones (excluding diaryl/α,β-unsaturated/α-hetero) is 1. The van der Waals surface area contributed by atoms with Crippen LogP contribution in [0.2, 0.25) is 0 Å². The van der Waals surface area contributed by atoms with Gasteiger partial charge in [0.15, 0.2) is 5.78 Å². The molecule has 31 heavy (non-hydrogen) atoms. The molecule has 2 atom stereocenters. The molecular formula is C28H28N2O. The molecule has 6 rings (SSSR count). The van der Waals surface area contributed by atoms with Crippen LogP contribution in [0, 0.1) is 0 Å². The lowest BCUT2D eigenvalue weighted by molar-refractivity contribution is 0.0953. The van der Waals surface area contributed by atoms with Gasteiger partial charge in [0.1, 0.15) is 0 Å². The largest absolute Gasteiger partial charge is 0.337 e. The Morgan fingerprint density at radius 3 is 2.55 bits per heavy atom. The number of carbonyl (C=O) groups excluding carboxylic acids is 1. The average Bonchev–Trinajstić information content (AvgIpc) is 3.05. The van der Waals surface area contributed by atoms with Crippen LogP contribution in [-0.4, -0.2) is 36.4 Å². The van der Waals surface area contributed by atoms with Gasteiger partial charge in [-0.3, -0.25) is 4.79 Å². The third kappa shape index (κ3) is 3.19. The van der Waals surface area contributed by atoms with Gasteiger partial charge in [-0.2, -0.15) is 0 Å². The molecule has 1 fully saturated rings. The number of benzene rings is 3. The summed E-state index contributed by atoms with van der Waals surface area (Å²) in [6.45, 7) is 2.95. The Hall–Kier alpha value is -2.91. The van der Waals surface area contributed by atoms with Gasteiger partial charge >= 0.3 is 0 Å². The summed E-state index contributed by atoms with van der Waals surface area (Å²) >= 11 is 0. The van der Waals surface area contributed by atoms with Crippen LogP contribution in [0.25, 0.3) is 0 Å². The van der Waals surface area contributed by atoms with E-state index in [9.17, 15) is 4.79 Å². The zero-order valence-corrected chi connectivity index (χ0v) is 17.8. The second-order valence-electron chi connectivity index (χ2n) is 9.16. The van der Waals surface area contributed by atoms with Crippen LogP contribution in [0.5, 0.6) is 0 Å². The van der Waals surface area contributed by atoms with Crippen molar-refractivity contribution < 1.29 is 4.79 Å². The van der Waals surface area contributed by atoms with Crippen LogP contribution in [0.4, 0.5) is 11.4 Å². The smallest absolute Gasteiger partial charge is 0.164 e. The summed E-state index contributed by atoms with van der Waals surface area (Å²) in [6, 6.07) is 26.1. The van der Waals surface area contributed by atoms with Crippen LogP contribution < -0.4 is 4.90 Å². The summed E-state index contributed by atoms with van der Waals surface area (Å²) in [7, 11) is 0. The summed E-state index contributed by atoms with van der Waals surface area (Å²) in [4.78, 5) is 17.8. The number of para-hydroxylation sites is 2. The van der Waals surface area contributed by atoms with E-state index in [2.05, 4.69) is 52.3 Å². The lowest BCUT2D eigenvalue weighted by atomic mass is 9.87. The Bertz CT molecular complexity index is 1120. The first-order valence-electron chi connectivity index (χ1n) is 11.6. The summed E-state index contributed by atoms with van der Waals surface area (Å²) in [6.07, 6.45) is 3.98. The molecule has 0 amide bonds. The van der Waals surface area contributed by atoms with E-state index in [0.29, 0.717) is 18.4 Å². The summed E-state index contributed by atoms with van der Waals surface area (Å²) in [5, 5.41) is 0. The number of carbonyl (C=O) groups is 1. The van der Waals surface area contributed by atoms with Crippen molar-refractivity contribution in [3.8, 4) is 0 Å². The first kappa shape index (κ1) is 18.8. The molecule has 0 N–H and O–H groups in total. The molecule has 0 aromatic heterocycles. The van der Waals surface area contributed by atoms with Gasteiger partial charge < -0.3 is 9.80 Å². The monoisotopic (exact) mass is 408 g/mol. The zero-order chi connectivity index (χ0) is 20.8. The zero-order valence-electron chi connectivity index (χ0n) is 17.8. The molecule has 3 aromatic carbocycles. The molecule has 0 bridgehead atoms. The Morgan fingerprint density at radius 2 is 1.65 bits per heavy atom. The maximum absolute atomic E-state index is 12.6. The van der Waals surface area contributed by atoms with Gasteiger partial charge in [0.2, 0.25) is 0 Å². The van der Waals surface area contributed by atoms with Crippen LogP contribution in [0.1, 0.15) is 45.8 Å². The molecule has 3 heterocycles. The second-order valence-corrected chi connectivity index (χ2v) is 9.16. The van der Waals surface area contributed by atoms with Gasteiger partial charge in [-0.1, -0.05) is 66.7 Å². The van der Waals surface area contributed by atoms with Gasteiger partial charge in [-0.05, 0) is 42.0 Å². The van der Waals surface area contributed by atoms with Crippen molar-refractivity contribution in [2.75, 3.05) is 24.5 Å². The highest BCUT2D eigenvalue weighted by molar-refractivity contribution is 5.96. The molecule has 0 saturated carbocycles. The molecule has 0 radical (unpaired) electrons. The standard InChI is InChI=1S/C28H28N2O/c31-27(21-8-2-1-3-9-21)16-18-29-17-15-26-24(19-29)23-11-6-10-22-14-13-20-7-4-5-12-25(20)30(26)28(22)23/h1-12,24,26H,13-19H2/t24-,26+/m0/s1. The van der Waals surface area contributed by atoms with Crippen molar-refractivity contribution >= 4 is 17.2 Å². The minimum absolute atomic E-state index is 0.252. The maximum atomic E-state index is 12.6. The fourth-order valence-corrected chi connectivity index (χ4v) is 5.95. The lowest BCUT2D eigenvalue weighted by Crippen LogP contribution is -2.45. The molecule has 0 aliphatic carbocycles. The molecule has 0 unspecified atom stereocenters. The summed E-state index contributed by atoms with van der Waals surface area (Å²) < 4.78 is 0. The van der Waals surface area contributed by atoms with Crippen molar-refractivity contribution in [1.29, 1.82) is 0 Å². The second kappa shape index (κ2) is 7.65. The number of fused-ring (bicyclic) bond motifs is 5. The van der Waals surface area contributed by atoms with Crippen molar-refractivity contribution in [3.05, 3.63) is 95.1 Å². The minimum Gasteiger partial charge on any atom is -0.337 e. The van der Waals surface area contributed by atoms with E-state index in [1.54, 1.807) is 0 Å². The fraction of sp³-hybridized carbons (Fsp3) is 0.321. The number of ketones is 1. The normalized spacial score (nSPS) is 21.7. The molecule has 156 valence electrons. The highest BCUT2D eigenvalue weighted by Gasteiger charge is 2.44. The van der Waals surface area contributed by atoms with E-state index in [1.165, 1.54) is 28.1 Å². The Labute approximate surface area is 184 Å². The summed E-state index contributed by atoms with van der Waals surface area (Å²) in [5.41, 5.74) is 8.20. The van der Waals surface area contributed by atoms with Crippen molar-refractivity contribution in [2.24, 2.45) is 0 Å². The van der Waals surface area contributed by atoms with Crippen LogP contribution in [-0.2, 0) is 12.8 Å². The topological polar surface area (TPSA) is 23.6 Å². The number of piperidine rings is 1. The number of likely N-dealkylation sites (tertiary alicyclic amines) is 1. The van der Waals surface area contributed by atoms with Crippen molar-refractivity contribution in [3.63, 3.8) is 0 Å². The third-order valence-corrected chi connectivity index (χ3v) is 7.45. The van der Waals surface area contributed by atoms with Gasteiger partial charge in [0, 0.05) is 55.0 Å². The van der Waals surface area contributed by atoms with E-state index >= 15 is 0 Å². The van der Waals surface area contributed by atoms with Crippen LogP contribution in [0.3, 0.4) is 0 Å². The summed E-state index contributed by atoms with van der Waals surface area (Å²) in [5.74, 6) is 0.767. The highest BCUT2D eigenvalue weighted by atomic mass is 16.1. The number of hydrogen-bond acceptors (Lipinski definition) is 3. The van der Waals surface area contributed by atoms with Crippen molar-refractivity contribution in [2.45, 2.75) is 37.6 Å². The SMILES string of the molecule is O=C(CCN1CC[C@@H]2[C@@H](C1)c1cccc3c1N2c1ccccc1CC3)c1ccccc1. The lowest BCUT2D eigenvalue weighted by Gasteiger charge is -2.39. The van der Waals surface area contributed by atoms with E-state index in [0.717, 1.165) is 44.5 Å². The van der Waals surface area contributed by atoms with E-state index in [1.807, 2.05) is 30.3 Å². The molecule has 3 aliphatic heterocycles. The molecule has 3 nitrogen and oxygen atoms in total. The Balaban J connectivity index is 1.26. The minimum atomic E-state index is 0.252. The molecule has 3 heteroatoms. The number of nitrogens with zero attached hydrogens (tertiary/aromatic N) is 2. The molecule has 3 aromatic rings. The van der Waals surface area contributed by atoms with Crippen LogP contribution >= 0.6 is 0 Å². The van der Waals surface area contributed by atoms with Gasteiger partial charge in [0.05, 0.1) is 0 Å². The Kier molecular flexibility index (Phi) is 4.65. The van der Waals surface area contributed by atoms with Gasteiger partial charge in [-0.15, -0.1) is 0 Å². The Morgan fingerprint density at radius 1 is 0.871 bits per heavy atom. The maximum Gasteiger partial charge on any atom is 0.164 e. The molecule has 3 aliphatic rings.